The highest BCUT2D eigenvalue weighted by Gasteiger charge is 2.24. The normalized spacial score (nSPS) is 16.8. The highest BCUT2D eigenvalue weighted by atomic mass is 16.6. The van der Waals surface area contributed by atoms with E-state index in [4.69, 9.17) is 10.5 Å². The third-order valence-electron chi connectivity index (χ3n) is 7.78. The first-order chi connectivity index (χ1) is 20.5. The molecule has 1 aliphatic rings. The van der Waals surface area contributed by atoms with Gasteiger partial charge in [0, 0.05) is 26.2 Å². The number of carbonyl (C=O) groups excluding carboxylic acids is 1. The lowest BCUT2D eigenvalue weighted by molar-refractivity contribution is -0.384. The number of aromatic nitrogens is 2. The van der Waals surface area contributed by atoms with Crippen molar-refractivity contribution in [2.24, 2.45) is 17.6 Å². The summed E-state index contributed by atoms with van der Waals surface area (Å²) in [7, 11) is 0. The predicted molar refractivity (Wildman–Crippen MR) is 169 cm³/mol. The van der Waals surface area contributed by atoms with Gasteiger partial charge in [0.1, 0.15) is 11.8 Å². The summed E-state index contributed by atoms with van der Waals surface area (Å²) in [6, 6.07) is 14.3. The van der Waals surface area contributed by atoms with Crippen molar-refractivity contribution in [3.8, 4) is 11.1 Å². The van der Waals surface area contributed by atoms with Crippen LogP contribution in [0.25, 0.3) is 11.1 Å². The third-order valence-corrected chi connectivity index (χ3v) is 7.78. The number of ether oxygens (including phenoxy) is 1. The number of nitrogens with two attached hydrogens (primary N) is 1. The number of hydrogen-bond acceptors (Lipinski definition) is 9. The number of nitrogens with zero attached hydrogens (tertiary/aromatic N) is 3. The number of nitrogens with one attached hydrogen (secondary N) is 3. The first kappa shape index (κ1) is 31.7. The second-order valence-electron chi connectivity index (χ2n) is 12.2. The molecule has 1 amide bonds. The molecule has 43 heavy (non-hydrogen) atoms. The number of rotatable bonds is 11. The summed E-state index contributed by atoms with van der Waals surface area (Å²) in [5.74, 6) is 1.27. The van der Waals surface area contributed by atoms with Gasteiger partial charge in [-0.1, -0.05) is 36.4 Å². The lowest BCUT2D eigenvalue weighted by Gasteiger charge is -2.29. The lowest BCUT2D eigenvalue weighted by atomic mass is 9.82. The first-order valence-electron chi connectivity index (χ1n) is 14.9. The van der Waals surface area contributed by atoms with E-state index in [1.54, 1.807) is 0 Å². The number of amides is 1. The molecule has 0 aliphatic heterocycles. The van der Waals surface area contributed by atoms with Crippen molar-refractivity contribution in [1.29, 1.82) is 0 Å². The van der Waals surface area contributed by atoms with Gasteiger partial charge in [-0.2, -0.15) is 4.98 Å². The number of anilines is 2. The molecule has 1 heterocycles. The monoisotopic (exact) mass is 589 g/mol. The molecule has 0 atom stereocenters. The SMILES string of the molecule is Cc1c(CNc2ncc([N+](=O)[O-])c(NC[C@H]3CC[C@H](CNC(=O)OC(C)(C)C)CC3)n2)cccc1-c1cccc(CN)c1. The second kappa shape index (κ2) is 14.3. The molecule has 2 aromatic carbocycles. The Balaban J connectivity index is 1.33. The molecule has 1 aliphatic carbocycles. The maximum Gasteiger partial charge on any atom is 0.407 e. The average Bonchev–Trinajstić information content (AvgIpc) is 2.98. The Hall–Kier alpha value is -4.25. The Morgan fingerprint density at radius 1 is 1.07 bits per heavy atom. The average molecular weight is 590 g/mol. The van der Waals surface area contributed by atoms with Crippen molar-refractivity contribution < 1.29 is 14.5 Å². The number of nitro groups is 1. The summed E-state index contributed by atoms with van der Waals surface area (Å²) >= 11 is 0. The zero-order valence-corrected chi connectivity index (χ0v) is 25.5. The molecule has 1 aromatic heterocycles. The van der Waals surface area contributed by atoms with Crippen LogP contribution in [0.4, 0.5) is 22.2 Å². The molecule has 0 radical (unpaired) electrons. The Morgan fingerprint density at radius 3 is 2.44 bits per heavy atom. The maximum atomic E-state index is 12.0. The van der Waals surface area contributed by atoms with Crippen LogP contribution < -0.4 is 21.7 Å². The lowest BCUT2D eigenvalue weighted by Crippen LogP contribution is -2.36. The molecule has 11 nitrogen and oxygen atoms in total. The van der Waals surface area contributed by atoms with Crippen molar-refractivity contribution in [3.63, 3.8) is 0 Å². The zero-order chi connectivity index (χ0) is 31.0. The van der Waals surface area contributed by atoms with Crippen LogP contribution >= 0.6 is 0 Å². The van der Waals surface area contributed by atoms with E-state index in [9.17, 15) is 14.9 Å². The smallest absolute Gasteiger partial charge is 0.407 e. The molecule has 0 bridgehead atoms. The summed E-state index contributed by atoms with van der Waals surface area (Å²) in [6.07, 6.45) is 4.71. The Morgan fingerprint density at radius 2 is 1.77 bits per heavy atom. The van der Waals surface area contributed by atoms with Gasteiger partial charge in [-0.15, -0.1) is 0 Å². The second-order valence-corrected chi connectivity index (χ2v) is 12.2. The van der Waals surface area contributed by atoms with Crippen LogP contribution in [0.2, 0.25) is 0 Å². The Kier molecular flexibility index (Phi) is 10.5. The van der Waals surface area contributed by atoms with Crippen LogP contribution in [0.15, 0.2) is 48.7 Å². The fourth-order valence-corrected chi connectivity index (χ4v) is 5.37. The van der Waals surface area contributed by atoms with Gasteiger partial charge in [0.25, 0.3) is 0 Å². The summed E-state index contributed by atoms with van der Waals surface area (Å²) in [6.45, 7) is 9.72. The van der Waals surface area contributed by atoms with Crippen molar-refractivity contribution in [2.45, 2.75) is 72.1 Å². The van der Waals surface area contributed by atoms with E-state index in [0.717, 1.165) is 53.5 Å². The van der Waals surface area contributed by atoms with Gasteiger partial charge >= 0.3 is 11.8 Å². The summed E-state index contributed by atoms with van der Waals surface area (Å²) in [5.41, 5.74) is 10.7. The van der Waals surface area contributed by atoms with Gasteiger partial charge in [0.15, 0.2) is 0 Å². The summed E-state index contributed by atoms with van der Waals surface area (Å²) in [5, 5.41) is 21.0. The van der Waals surface area contributed by atoms with Gasteiger partial charge in [-0.25, -0.2) is 9.78 Å². The van der Waals surface area contributed by atoms with Crippen LogP contribution in [0.1, 0.15) is 63.1 Å². The van der Waals surface area contributed by atoms with Crippen LogP contribution in [0.5, 0.6) is 0 Å². The molecule has 0 spiro atoms. The van der Waals surface area contributed by atoms with Crippen LogP contribution in [0, 0.1) is 28.9 Å². The van der Waals surface area contributed by atoms with Crippen LogP contribution in [-0.4, -0.2) is 39.7 Å². The molecule has 0 unspecified atom stereocenters. The van der Waals surface area contributed by atoms with Crippen LogP contribution in [-0.2, 0) is 17.8 Å². The molecule has 0 saturated heterocycles. The fraction of sp³-hybridized carbons (Fsp3) is 0.469. The third kappa shape index (κ3) is 9.12. The molecule has 3 aromatic rings. The van der Waals surface area contributed by atoms with E-state index in [1.807, 2.05) is 45.0 Å². The van der Waals surface area contributed by atoms with Crippen molar-refractivity contribution in [2.75, 3.05) is 23.7 Å². The van der Waals surface area contributed by atoms with E-state index in [1.165, 1.54) is 6.20 Å². The van der Waals surface area contributed by atoms with Crippen molar-refractivity contribution in [1.82, 2.24) is 15.3 Å². The van der Waals surface area contributed by atoms with E-state index in [0.29, 0.717) is 44.0 Å². The van der Waals surface area contributed by atoms with Gasteiger partial charge in [-0.3, -0.25) is 10.1 Å². The van der Waals surface area contributed by atoms with E-state index < -0.39 is 16.6 Å². The molecule has 230 valence electrons. The molecule has 1 fully saturated rings. The predicted octanol–water partition coefficient (Wildman–Crippen LogP) is 6.17. The zero-order valence-electron chi connectivity index (χ0n) is 25.5. The molecule has 5 N–H and O–H groups in total. The van der Waals surface area contributed by atoms with E-state index in [2.05, 4.69) is 51.0 Å². The summed E-state index contributed by atoms with van der Waals surface area (Å²) < 4.78 is 5.32. The van der Waals surface area contributed by atoms with Crippen LogP contribution in [0.3, 0.4) is 0 Å². The Bertz CT molecular complexity index is 1420. The molecule has 4 rings (SSSR count). The van der Waals surface area contributed by atoms with E-state index in [-0.39, 0.29) is 11.5 Å². The topological polar surface area (TPSA) is 157 Å². The number of alkyl carbamates (subject to hydrolysis) is 1. The maximum absolute atomic E-state index is 12.0. The molecular formula is C32H43N7O4. The van der Waals surface area contributed by atoms with E-state index >= 15 is 0 Å². The minimum Gasteiger partial charge on any atom is -0.444 e. The molecule has 1 saturated carbocycles. The first-order valence-corrected chi connectivity index (χ1v) is 14.9. The molecule has 11 heteroatoms. The quantitative estimate of drug-likeness (QED) is 0.151. The minimum absolute atomic E-state index is 0.154. The van der Waals surface area contributed by atoms with Gasteiger partial charge in [-0.05, 0) is 99.1 Å². The number of benzene rings is 2. The highest BCUT2D eigenvalue weighted by molar-refractivity contribution is 5.69. The standard InChI is InChI=1S/C32H43N7O4/c1-21-26(9-6-10-27(21)25-8-5-7-24(15-25)16-33)19-35-30-36-20-28(39(41)42)29(38-30)34-17-22-11-13-23(14-12-22)18-37-31(40)43-32(2,3)4/h5-10,15,20,22-23H,11-14,16-19,33H2,1-4H3,(H,37,40)(H2,34,35,36,38)/t22-,23-. The van der Waals surface area contributed by atoms with Crippen molar-refractivity contribution in [3.05, 3.63) is 75.5 Å². The number of carbonyl (C=O) groups is 1. The van der Waals surface area contributed by atoms with Gasteiger partial charge in [0.05, 0.1) is 4.92 Å². The largest absolute Gasteiger partial charge is 0.444 e. The highest BCUT2D eigenvalue weighted by Crippen LogP contribution is 2.31. The fourth-order valence-electron chi connectivity index (χ4n) is 5.37. The summed E-state index contributed by atoms with van der Waals surface area (Å²) in [4.78, 5) is 31.9. The van der Waals surface area contributed by atoms with Gasteiger partial charge in [0.2, 0.25) is 11.8 Å². The molecular weight excluding hydrogens is 546 g/mol. The van der Waals surface area contributed by atoms with Gasteiger partial charge < -0.3 is 26.4 Å². The Labute approximate surface area is 253 Å². The number of hydrogen-bond donors (Lipinski definition) is 4. The minimum atomic E-state index is -0.520. The van der Waals surface area contributed by atoms with Crippen molar-refractivity contribution >= 4 is 23.5 Å².